The average molecular weight is 263 g/mol. The van der Waals surface area contributed by atoms with Crippen LogP contribution in [0.2, 0.25) is 0 Å². The normalized spacial score (nSPS) is 15.6. The summed E-state index contributed by atoms with van der Waals surface area (Å²) in [6, 6.07) is 9.67. The number of carbonyl (C=O) groups is 1. The van der Waals surface area contributed by atoms with Gasteiger partial charge in [-0.3, -0.25) is 4.79 Å². The monoisotopic (exact) mass is 263 g/mol. The molecule has 0 amide bonds. The van der Waals surface area contributed by atoms with Gasteiger partial charge in [-0.1, -0.05) is 50.1 Å². The first-order chi connectivity index (χ1) is 9.06. The molecular formula is C16H25NO2. The topological polar surface area (TPSA) is 52.3 Å². The van der Waals surface area contributed by atoms with E-state index in [-0.39, 0.29) is 18.0 Å². The Morgan fingerprint density at radius 2 is 1.89 bits per heavy atom. The van der Waals surface area contributed by atoms with Crippen LogP contribution in [0.3, 0.4) is 0 Å². The molecule has 0 unspecified atom stereocenters. The van der Waals surface area contributed by atoms with E-state index in [1.54, 1.807) is 6.92 Å². The molecule has 3 heteroatoms. The van der Waals surface area contributed by atoms with Crippen molar-refractivity contribution < 1.29 is 9.53 Å². The second kappa shape index (κ2) is 7.95. The fraction of sp³-hybridized carbons (Fsp3) is 0.562. The largest absolute Gasteiger partial charge is 0.461 e. The number of carbonyl (C=O) groups excluding carboxylic acids is 1. The molecule has 0 bridgehead atoms. The van der Waals surface area contributed by atoms with Gasteiger partial charge in [-0.05, 0) is 25.8 Å². The number of benzene rings is 1. The minimum absolute atomic E-state index is 0.146. The highest BCUT2D eigenvalue weighted by atomic mass is 16.5. The summed E-state index contributed by atoms with van der Waals surface area (Å²) in [4.78, 5) is 11.6. The maximum atomic E-state index is 11.6. The highest BCUT2D eigenvalue weighted by Crippen LogP contribution is 2.27. The van der Waals surface area contributed by atoms with Gasteiger partial charge in [0.2, 0.25) is 0 Å². The zero-order valence-corrected chi connectivity index (χ0v) is 12.1. The Balaban J connectivity index is 2.76. The zero-order valence-electron chi connectivity index (χ0n) is 12.1. The Morgan fingerprint density at radius 3 is 2.42 bits per heavy atom. The van der Waals surface area contributed by atoms with Crippen molar-refractivity contribution in [3.05, 3.63) is 35.9 Å². The van der Waals surface area contributed by atoms with Crippen LogP contribution in [0.1, 0.15) is 51.5 Å². The van der Waals surface area contributed by atoms with E-state index in [9.17, 15) is 4.79 Å². The number of esters is 1. The molecule has 0 fully saturated rings. The molecular weight excluding hydrogens is 238 g/mol. The third-order valence-electron chi connectivity index (χ3n) is 3.34. The van der Waals surface area contributed by atoms with Gasteiger partial charge in [0, 0.05) is 5.92 Å². The van der Waals surface area contributed by atoms with Crippen molar-refractivity contribution >= 4 is 5.97 Å². The number of ether oxygens (including phenoxy) is 1. The first-order valence-electron chi connectivity index (χ1n) is 7.07. The van der Waals surface area contributed by atoms with Crippen LogP contribution in [-0.2, 0) is 9.53 Å². The van der Waals surface area contributed by atoms with Gasteiger partial charge in [0.05, 0.1) is 0 Å². The molecule has 0 saturated heterocycles. The Labute approximate surface area is 116 Å². The molecule has 3 atom stereocenters. The van der Waals surface area contributed by atoms with E-state index in [0.29, 0.717) is 0 Å². The number of unbranched alkanes of at least 4 members (excludes halogenated alkanes) is 1. The highest BCUT2D eigenvalue weighted by molar-refractivity contribution is 5.75. The third-order valence-corrected chi connectivity index (χ3v) is 3.34. The fourth-order valence-corrected chi connectivity index (χ4v) is 2.17. The van der Waals surface area contributed by atoms with Crippen molar-refractivity contribution in [2.75, 3.05) is 0 Å². The summed E-state index contributed by atoms with van der Waals surface area (Å²) in [5, 5.41) is 0. The lowest BCUT2D eigenvalue weighted by molar-refractivity contribution is -0.150. The summed E-state index contributed by atoms with van der Waals surface area (Å²) in [6.07, 6.45) is 3.14. The molecule has 0 saturated carbocycles. The van der Waals surface area contributed by atoms with Gasteiger partial charge in [-0.25, -0.2) is 0 Å². The van der Waals surface area contributed by atoms with Crippen molar-refractivity contribution in [2.45, 2.75) is 58.1 Å². The molecule has 106 valence electrons. The van der Waals surface area contributed by atoms with Crippen LogP contribution in [0.15, 0.2) is 30.3 Å². The van der Waals surface area contributed by atoms with Crippen LogP contribution in [-0.4, -0.2) is 18.1 Å². The predicted molar refractivity (Wildman–Crippen MR) is 77.9 cm³/mol. The van der Waals surface area contributed by atoms with Gasteiger partial charge in [0.15, 0.2) is 0 Å². The minimum atomic E-state index is -0.565. The van der Waals surface area contributed by atoms with Crippen LogP contribution >= 0.6 is 0 Å². The van der Waals surface area contributed by atoms with E-state index in [4.69, 9.17) is 10.5 Å². The lowest BCUT2D eigenvalue weighted by Gasteiger charge is -2.25. The number of hydrogen-bond acceptors (Lipinski definition) is 3. The Kier molecular flexibility index (Phi) is 6.57. The molecule has 0 heterocycles. The molecule has 19 heavy (non-hydrogen) atoms. The number of nitrogens with two attached hydrogens (primary N) is 1. The molecule has 0 aliphatic heterocycles. The van der Waals surface area contributed by atoms with E-state index >= 15 is 0 Å². The van der Waals surface area contributed by atoms with Gasteiger partial charge >= 0.3 is 5.97 Å². The first kappa shape index (κ1) is 15.7. The minimum Gasteiger partial charge on any atom is -0.461 e. The molecule has 3 nitrogen and oxygen atoms in total. The van der Waals surface area contributed by atoms with Gasteiger partial charge in [-0.15, -0.1) is 0 Å². The number of hydrogen-bond donors (Lipinski definition) is 1. The van der Waals surface area contributed by atoms with E-state index in [2.05, 4.69) is 19.1 Å². The molecule has 1 aromatic rings. The van der Waals surface area contributed by atoms with Crippen LogP contribution < -0.4 is 5.73 Å². The van der Waals surface area contributed by atoms with Gasteiger partial charge in [-0.2, -0.15) is 0 Å². The van der Waals surface area contributed by atoms with Crippen molar-refractivity contribution in [1.82, 2.24) is 0 Å². The fourth-order valence-electron chi connectivity index (χ4n) is 2.17. The lowest BCUT2D eigenvalue weighted by atomic mass is 9.89. The Bertz CT molecular complexity index is 376. The SMILES string of the molecule is CCCC[C@H](c1ccccc1)[C@H](C)OC(=O)[C@H](C)N. The van der Waals surface area contributed by atoms with E-state index < -0.39 is 6.04 Å². The number of rotatable bonds is 7. The summed E-state index contributed by atoms with van der Waals surface area (Å²) in [5.41, 5.74) is 6.77. The molecule has 0 radical (unpaired) electrons. The van der Waals surface area contributed by atoms with Gasteiger partial charge < -0.3 is 10.5 Å². The third kappa shape index (κ3) is 5.03. The summed E-state index contributed by atoms with van der Waals surface area (Å²) < 4.78 is 5.46. The summed E-state index contributed by atoms with van der Waals surface area (Å²) in [7, 11) is 0. The van der Waals surface area contributed by atoms with Gasteiger partial charge in [0.1, 0.15) is 12.1 Å². The van der Waals surface area contributed by atoms with Crippen molar-refractivity contribution in [3.63, 3.8) is 0 Å². The maximum absolute atomic E-state index is 11.6. The molecule has 0 spiro atoms. The molecule has 0 aliphatic rings. The van der Waals surface area contributed by atoms with E-state index in [1.807, 2.05) is 25.1 Å². The summed E-state index contributed by atoms with van der Waals surface area (Å²) in [6.45, 7) is 5.77. The lowest BCUT2D eigenvalue weighted by Crippen LogP contribution is -2.33. The molecule has 1 rings (SSSR count). The van der Waals surface area contributed by atoms with Crippen LogP contribution in [0.4, 0.5) is 0 Å². The second-order valence-corrected chi connectivity index (χ2v) is 5.09. The van der Waals surface area contributed by atoms with Crippen LogP contribution in [0, 0.1) is 0 Å². The summed E-state index contributed by atoms with van der Waals surface area (Å²) >= 11 is 0. The van der Waals surface area contributed by atoms with E-state index in [0.717, 1.165) is 19.3 Å². The molecule has 2 N–H and O–H groups in total. The Morgan fingerprint density at radius 1 is 1.26 bits per heavy atom. The molecule has 1 aromatic carbocycles. The average Bonchev–Trinajstić information content (AvgIpc) is 2.40. The molecule has 0 aromatic heterocycles. The standard InChI is InChI=1S/C16H25NO2/c1-4-5-11-15(14-9-7-6-8-10-14)13(3)19-16(18)12(2)17/h6-10,12-13,15H,4-5,11,17H2,1-3H3/t12-,13-,15-/m0/s1. The second-order valence-electron chi connectivity index (χ2n) is 5.09. The first-order valence-corrected chi connectivity index (χ1v) is 7.07. The highest BCUT2D eigenvalue weighted by Gasteiger charge is 2.23. The summed E-state index contributed by atoms with van der Waals surface area (Å²) in [5.74, 6) is -0.0891. The smallest absolute Gasteiger partial charge is 0.322 e. The van der Waals surface area contributed by atoms with Crippen molar-refractivity contribution in [3.8, 4) is 0 Å². The Hall–Kier alpha value is -1.35. The van der Waals surface area contributed by atoms with Crippen molar-refractivity contribution in [1.29, 1.82) is 0 Å². The quantitative estimate of drug-likeness (QED) is 0.768. The zero-order chi connectivity index (χ0) is 14.3. The predicted octanol–water partition coefficient (Wildman–Crippen LogP) is 3.24. The molecule has 0 aliphatic carbocycles. The maximum Gasteiger partial charge on any atom is 0.322 e. The van der Waals surface area contributed by atoms with Gasteiger partial charge in [0.25, 0.3) is 0 Å². The van der Waals surface area contributed by atoms with Crippen molar-refractivity contribution in [2.24, 2.45) is 5.73 Å². The van der Waals surface area contributed by atoms with Crippen LogP contribution in [0.5, 0.6) is 0 Å². The van der Waals surface area contributed by atoms with Crippen LogP contribution in [0.25, 0.3) is 0 Å². The van der Waals surface area contributed by atoms with E-state index in [1.165, 1.54) is 5.56 Å².